The molecule has 0 radical (unpaired) electrons. The minimum absolute atomic E-state index is 0.0740. The quantitative estimate of drug-likeness (QED) is 0.0659. The van der Waals surface area contributed by atoms with Gasteiger partial charge >= 0.3 is 11.9 Å². The molecule has 0 aliphatic rings. The second-order valence-corrected chi connectivity index (χ2v) is 10.7. The molecule has 0 amide bonds. The van der Waals surface area contributed by atoms with E-state index in [0.717, 1.165) is 12.8 Å². The Kier molecular flexibility index (Phi) is 43.3. The number of ether oxygens (including phenoxy) is 14. The predicted octanol–water partition coefficient (Wildman–Crippen LogP) is 2.26. The minimum atomic E-state index is -0.411. The molecule has 0 aromatic heterocycles. The van der Waals surface area contributed by atoms with Crippen LogP contribution in [0.2, 0.25) is 0 Å². The molecule has 0 rings (SSSR count). The summed E-state index contributed by atoms with van der Waals surface area (Å²) in [6.45, 7) is 13.0. The first-order valence-electron chi connectivity index (χ1n) is 18.4. The van der Waals surface area contributed by atoms with Crippen LogP contribution in [-0.4, -0.2) is 184 Å². The molecule has 0 aliphatic carbocycles. The van der Waals surface area contributed by atoms with Gasteiger partial charge in [0.05, 0.1) is 159 Å². The molecule has 0 heterocycles. The van der Waals surface area contributed by atoms with Crippen molar-refractivity contribution in [1.82, 2.24) is 0 Å². The number of unbranched alkanes of at least 4 members (excludes halogenated alkanes) is 4. The van der Waals surface area contributed by atoms with Gasteiger partial charge in [-0.15, -0.1) is 0 Å². The third kappa shape index (κ3) is 44.5. The Morgan fingerprint density at radius 1 is 0.333 bits per heavy atom. The molecular weight excluding hydrogens is 676 g/mol. The normalized spacial score (nSPS) is 11.3. The Bertz CT molecular complexity index is 703. The van der Waals surface area contributed by atoms with E-state index in [1.807, 2.05) is 0 Å². The fraction of sp³-hybridized carbons (Fsp3) is 0.943. The van der Waals surface area contributed by atoms with Crippen molar-refractivity contribution in [1.29, 1.82) is 0 Å². The minimum Gasteiger partial charge on any atom is -0.467 e. The van der Waals surface area contributed by atoms with Crippen LogP contribution in [0.5, 0.6) is 0 Å². The summed E-state index contributed by atoms with van der Waals surface area (Å²) in [5, 5.41) is 0. The smallest absolute Gasteiger partial charge is 0.331 e. The van der Waals surface area contributed by atoms with Crippen molar-refractivity contribution in [3.63, 3.8) is 0 Å². The van der Waals surface area contributed by atoms with E-state index in [2.05, 4.69) is 11.7 Å². The standard InChI is InChI=1S/C35H68O16/c1-3-4-5-6-7-8-34(36)51-32-31-49-28-27-47-24-23-45-20-19-43-16-15-41-12-11-39-9-10-40-13-14-42-17-18-44-21-22-46-25-26-48-29-30-50-33-35(37)38-2/h3-33H2,1-2H3. The van der Waals surface area contributed by atoms with Gasteiger partial charge in [0.25, 0.3) is 0 Å². The molecule has 0 spiro atoms. The molecule has 0 N–H and O–H groups in total. The third-order valence-corrected chi connectivity index (χ3v) is 6.51. The van der Waals surface area contributed by atoms with Gasteiger partial charge in [-0.1, -0.05) is 32.6 Å². The van der Waals surface area contributed by atoms with Crippen LogP contribution >= 0.6 is 0 Å². The highest BCUT2D eigenvalue weighted by molar-refractivity contribution is 5.70. The Balaban J connectivity index is 3.09. The number of methoxy groups -OCH3 is 1. The van der Waals surface area contributed by atoms with Gasteiger partial charge in [-0.3, -0.25) is 4.79 Å². The number of esters is 2. The number of hydrogen-bond acceptors (Lipinski definition) is 16. The van der Waals surface area contributed by atoms with Crippen molar-refractivity contribution in [2.24, 2.45) is 0 Å². The summed E-state index contributed by atoms with van der Waals surface area (Å²) >= 11 is 0. The fourth-order valence-corrected chi connectivity index (χ4v) is 3.79. The molecule has 0 aromatic carbocycles. The van der Waals surface area contributed by atoms with E-state index in [0.29, 0.717) is 158 Å². The molecule has 0 bridgehead atoms. The fourth-order valence-electron chi connectivity index (χ4n) is 3.79. The highest BCUT2D eigenvalue weighted by atomic mass is 16.6. The second kappa shape index (κ2) is 44.6. The Morgan fingerprint density at radius 3 is 0.902 bits per heavy atom. The van der Waals surface area contributed by atoms with Crippen LogP contribution < -0.4 is 0 Å². The van der Waals surface area contributed by atoms with Crippen molar-refractivity contribution < 1.29 is 75.9 Å². The first-order valence-corrected chi connectivity index (χ1v) is 18.4. The van der Waals surface area contributed by atoms with Crippen LogP contribution in [0.1, 0.15) is 45.4 Å². The lowest BCUT2D eigenvalue weighted by Gasteiger charge is -2.09. The maximum atomic E-state index is 11.6. The zero-order chi connectivity index (χ0) is 37.0. The molecule has 16 nitrogen and oxygen atoms in total. The largest absolute Gasteiger partial charge is 0.467 e. The van der Waals surface area contributed by atoms with Crippen molar-refractivity contribution in [3.05, 3.63) is 0 Å². The van der Waals surface area contributed by atoms with Crippen LogP contribution in [0.25, 0.3) is 0 Å². The van der Waals surface area contributed by atoms with Crippen LogP contribution in [0, 0.1) is 0 Å². The first-order chi connectivity index (χ1) is 25.2. The van der Waals surface area contributed by atoms with Crippen LogP contribution in [0.4, 0.5) is 0 Å². The van der Waals surface area contributed by atoms with Crippen molar-refractivity contribution in [3.8, 4) is 0 Å². The number of carbonyl (C=O) groups excluding carboxylic acids is 2. The highest BCUT2D eigenvalue weighted by Gasteiger charge is 2.03. The van der Waals surface area contributed by atoms with Crippen LogP contribution in [0.3, 0.4) is 0 Å². The summed E-state index contributed by atoms with van der Waals surface area (Å²) in [6.07, 6.45) is 6.05. The average Bonchev–Trinajstić information content (AvgIpc) is 3.14. The summed E-state index contributed by atoms with van der Waals surface area (Å²) in [4.78, 5) is 22.5. The van der Waals surface area contributed by atoms with E-state index in [1.165, 1.54) is 26.4 Å². The lowest BCUT2D eigenvalue weighted by Crippen LogP contribution is -2.16. The summed E-state index contributed by atoms with van der Waals surface area (Å²) < 4.78 is 74.5. The van der Waals surface area contributed by atoms with Gasteiger partial charge in [-0.05, 0) is 6.42 Å². The van der Waals surface area contributed by atoms with E-state index in [1.54, 1.807) is 0 Å². The molecule has 0 atom stereocenters. The zero-order valence-corrected chi connectivity index (χ0v) is 31.5. The molecule has 16 heteroatoms. The van der Waals surface area contributed by atoms with E-state index in [4.69, 9.17) is 61.6 Å². The van der Waals surface area contributed by atoms with Gasteiger partial charge in [-0.25, -0.2) is 4.79 Å². The highest BCUT2D eigenvalue weighted by Crippen LogP contribution is 2.05. The van der Waals surface area contributed by atoms with E-state index >= 15 is 0 Å². The topological polar surface area (TPSA) is 163 Å². The Morgan fingerprint density at radius 2 is 0.608 bits per heavy atom. The predicted molar refractivity (Wildman–Crippen MR) is 186 cm³/mol. The summed E-state index contributed by atoms with van der Waals surface area (Å²) in [6, 6.07) is 0. The van der Waals surface area contributed by atoms with Gasteiger partial charge in [0.15, 0.2) is 0 Å². The Labute approximate surface area is 305 Å². The van der Waals surface area contributed by atoms with Gasteiger partial charge in [-0.2, -0.15) is 0 Å². The average molecular weight is 745 g/mol. The molecule has 0 saturated carbocycles. The summed E-state index contributed by atoms with van der Waals surface area (Å²) in [5.41, 5.74) is 0. The van der Waals surface area contributed by atoms with Crippen LogP contribution in [-0.2, 0) is 75.9 Å². The van der Waals surface area contributed by atoms with Crippen molar-refractivity contribution in [2.75, 3.05) is 172 Å². The maximum Gasteiger partial charge on any atom is 0.331 e. The molecule has 304 valence electrons. The molecule has 0 fully saturated rings. The molecule has 51 heavy (non-hydrogen) atoms. The lowest BCUT2D eigenvalue weighted by molar-refractivity contribution is -0.146. The number of rotatable bonds is 44. The van der Waals surface area contributed by atoms with Crippen molar-refractivity contribution in [2.45, 2.75) is 45.4 Å². The lowest BCUT2D eigenvalue weighted by atomic mass is 10.1. The monoisotopic (exact) mass is 744 g/mol. The van der Waals surface area contributed by atoms with Gasteiger partial charge < -0.3 is 66.3 Å². The molecule has 0 saturated heterocycles. The number of hydrogen-bond donors (Lipinski definition) is 0. The second-order valence-electron chi connectivity index (χ2n) is 10.7. The molecule has 0 unspecified atom stereocenters. The molecule has 0 aliphatic heterocycles. The first kappa shape index (κ1) is 49.5. The summed E-state index contributed by atoms with van der Waals surface area (Å²) in [7, 11) is 1.31. The number of carbonyl (C=O) groups is 2. The SMILES string of the molecule is CCCCCCCC(=O)OCCOCCOCCOCCOCCOCCOCCOCCOCCOCCOCCOCCOCC(=O)OC. The summed E-state index contributed by atoms with van der Waals surface area (Å²) in [5.74, 6) is -0.562. The van der Waals surface area contributed by atoms with Gasteiger partial charge in [0, 0.05) is 6.42 Å². The Hall–Kier alpha value is -1.54. The maximum absolute atomic E-state index is 11.6. The van der Waals surface area contributed by atoms with Gasteiger partial charge in [0.2, 0.25) is 0 Å². The van der Waals surface area contributed by atoms with E-state index in [-0.39, 0.29) is 19.2 Å². The van der Waals surface area contributed by atoms with E-state index in [9.17, 15) is 9.59 Å². The van der Waals surface area contributed by atoms with Gasteiger partial charge in [0.1, 0.15) is 13.2 Å². The van der Waals surface area contributed by atoms with Crippen LogP contribution in [0.15, 0.2) is 0 Å². The molecular formula is C35H68O16. The van der Waals surface area contributed by atoms with Crippen molar-refractivity contribution >= 4 is 11.9 Å². The van der Waals surface area contributed by atoms with E-state index < -0.39 is 5.97 Å². The third-order valence-electron chi connectivity index (χ3n) is 6.51. The molecule has 0 aromatic rings. The zero-order valence-electron chi connectivity index (χ0n) is 31.5.